The predicted molar refractivity (Wildman–Crippen MR) is 77.6 cm³/mol. The van der Waals surface area contributed by atoms with Crippen LogP contribution in [0.3, 0.4) is 0 Å². The smallest absolute Gasteiger partial charge is 0.226 e. The zero-order valence-electron chi connectivity index (χ0n) is 11.9. The van der Waals surface area contributed by atoms with Crippen molar-refractivity contribution < 1.29 is 9.53 Å². The molecular formula is C14H22N2O2S. The number of aromatic nitrogens is 1. The second-order valence-corrected chi connectivity index (χ2v) is 6.95. The Kier molecular flexibility index (Phi) is 4.58. The van der Waals surface area contributed by atoms with Crippen LogP contribution >= 0.6 is 11.3 Å². The quantitative estimate of drug-likeness (QED) is 0.926. The summed E-state index contributed by atoms with van der Waals surface area (Å²) in [7, 11) is 0. The molecule has 1 aromatic heterocycles. The number of nitrogens with zero attached hydrogens (tertiary/aromatic N) is 1. The van der Waals surface area contributed by atoms with Crippen molar-refractivity contribution in [1.29, 1.82) is 0 Å². The Morgan fingerprint density at radius 3 is 2.74 bits per heavy atom. The summed E-state index contributed by atoms with van der Waals surface area (Å²) in [5.74, 6) is 0.525. The van der Waals surface area contributed by atoms with Crippen LogP contribution in [0.15, 0.2) is 5.38 Å². The highest BCUT2D eigenvalue weighted by atomic mass is 32.1. The first-order valence-corrected chi connectivity index (χ1v) is 7.67. The van der Waals surface area contributed by atoms with Gasteiger partial charge in [0.1, 0.15) is 0 Å². The number of hydrogen-bond acceptors (Lipinski definition) is 4. The van der Waals surface area contributed by atoms with E-state index in [-0.39, 0.29) is 11.3 Å². The molecule has 0 aromatic carbocycles. The van der Waals surface area contributed by atoms with E-state index in [0.717, 1.165) is 31.7 Å². The minimum absolute atomic E-state index is 0.0280. The molecule has 2 heterocycles. The third kappa shape index (κ3) is 4.28. The van der Waals surface area contributed by atoms with Gasteiger partial charge in [-0.3, -0.25) is 4.79 Å². The number of amides is 1. The van der Waals surface area contributed by atoms with Crippen molar-refractivity contribution in [2.75, 3.05) is 18.5 Å². The van der Waals surface area contributed by atoms with Gasteiger partial charge in [-0.25, -0.2) is 4.98 Å². The molecule has 1 aliphatic heterocycles. The van der Waals surface area contributed by atoms with Gasteiger partial charge < -0.3 is 10.1 Å². The number of carbonyl (C=O) groups excluding carboxylic acids is 1. The lowest BCUT2D eigenvalue weighted by Gasteiger charge is -2.21. The van der Waals surface area contributed by atoms with Crippen LogP contribution in [-0.4, -0.2) is 24.1 Å². The van der Waals surface area contributed by atoms with Gasteiger partial charge >= 0.3 is 0 Å². The van der Waals surface area contributed by atoms with E-state index >= 15 is 0 Å². The molecule has 1 aliphatic rings. The number of thiazole rings is 1. The van der Waals surface area contributed by atoms with Crippen LogP contribution in [0.2, 0.25) is 0 Å². The maximum atomic E-state index is 12.0. The lowest BCUT2D eigenvalue weighted by molar-refractivity contribution is -0.117. The average Bonchev–Trinajstić information content (AvgIpc) is 2.78. The monoisotopic (exact) mass is 282 g/mol. The van der Waals surface area contributed by atoms with Crippen LogP contribution < -0.4 is 5.32 Å². The van der Waals surface area contributed by atoms with E-state index in [2.05, 4.69) is 31.1 Å². The maximum Gasteiger partial charge on any atom is 0.226 e. The lowest BCUT2D eigenvalue weighted by Crippen LogP contribution is -2.22. The van der Waals surface area contributed by atoms with Crippen molar-refractivity contribution in [2.24, 2.45) is 5.92 Å². The molecule has 1 N–H and O–H groups in total. The number of hydrogen-bond donors (Lipinski definition) is 1. The third-order valence-electron chi connectivity index (χ3n) is 3.33. The summed E-state index contributed by atoms with van der Waals surface area (Å²) in [4.78, 5) is 16.4. The molecule has 0 spiro atoms. The Morgan fingerprint density at radius 2 is 2.16 bits per heavy atom. The molecule has 0 atom stereocenters. The number of rotatable bonds is 3. The Hall–Kier alpha value is -0.940. The third-order valence-corrected chi connectivity index (χ3v) is 4.09. The van der Waals surface area contributed by atoms with Crippen molar-refractivity contribution in [2.45, 2.75) is 45.4 Å². The lowest BCUT2D eigenvalue weighted by atomic mass is 9.93. The molecule has 1 aromatic rings. The molecule has 2 rings (SSSR count). The van der Waals surface area contributed by atoms with Gasteiger partial charge in [0.05, 0.1) is 5.69 Å². The molecule has 1 saturated heterocycles. The second-order valence-electron chi connectivity index (χ2n) is 6.10. The Labute approximate surface area is 118 Å². The van der Waals surface area contributed by atoms with E-state index in [4.69, 9.17) is 4.74 Å². The highest BCUT2D eigenvalue weighted by Gasteiger charge is 2.20. The zero-order valence-corrected chi connectivity index (χ0v) is 12.7. The van der Waals surface area contributed by atoms with Gasteiger partial charge in [-0.1, -0.05) is 20.8 Å². The Bertz CT molecular complexity index is 431. The van der Waals surface area contributed by atoms with E-state index in [0.29, 0.717) is 17.5 Å². The molecule has 0 saturated carbocycles. The molecule has 0 aliphatic carbocycles. The molecule has 106 valence electrons. The van der Waals surface area contributed by atoms with Crippen molar-refractivity contribution in [3.63, 3.8) is 0 Å². The van der Waals surface area contributed by atoms with Crippen molar-refractivity contribution in [1.82, 2.24) is 4.98 Å². The van der Waals surface area contributed by atoms with Crippen LogP contribution in [0.1, 0.15) is 45.7 Å². The van der Waals surface area contributed by atoms with E-state index in [9.17, 15) is 4.79 Å². The first kappa shape index (κ1) is 14.5. The van der Waals surface area contributed by atoms with Crippen LogP contribution in [0.25, 0.3) is 0 Å². The summed E-state index contributed by atoms with van der Waals surface area (Å²) in [6.07, 6.45) is 2.55. The summed E-state index contributed by atoms with van der Waals surface area (Å²) in [6.45, 7) is 7.92. The normalized spacial score (nSPS) is 17.4. The fourth-order valence-electron chi connectivity index (χ4n) is 2.06. The predicted octanol–water partition coefficient (Wildman–Crippen LogP) is 3.20. The molecule has 0 bridgehead atoms. The summed E-state index contributed by atoms with van der Waals surface area (Å²) in [5.41, 5.74) is 1.05. The summed E-state index contributed by atoms with van der Waals surface area (Å²) < 4.78 is 5.30. The van der Waals surface area contributed by atoms with Gasteiger partial charge in [0.25, 0.3) is 0 Å². The van der Waals surface area contributed by atoms with Crippen molar-refractivity contribution >= 4 is 22.4 Å². The SMILES string of the molecule is CC(C)(C)c1csc(NC(=O)CC2CCOCC2)n1. The van der Waals surface area contributed by atoms with Crippen molar-refractivity contribution in [3.05, 3.63) is 11.1 Å². The molecule has 4 nitrogen and oxygen atoms in total. The van der Waals surface area contributed by atoms with E-state index in [1.54, 1.807) is 0 Å². The van der Waals surface area contributed by atoms with E-state index in [1.807, 2.05) is 5.38 Å². The first-order chi connectivity index (χ1) is 8.95. The maximum absolute atomic E-state index is 12.0. The minimum atomic E-state index is 0.0280. The molecule has 19 heavy (non-hydrogen) atoms. The summed E-state index contributed by atoms with van der Waals surface area (Å²) >= 11 is 1.50. The fourth-order valence-corrected chi connectivity index (χ4v) is 3.01. The number of ether oxygens (including phenoxy) is 1. The first-order valence-electron chi connectivity index (χ1n) is 6.79. The van der Waals surface area contributed by atoms with Crippen LogP contribution in [0, 0.1) is 5.92 Å². The average molecular weight is 282 g/mol. The topological polar surface area (TPSA) is 51.2 Å². The highest BCUT2D eigenvalue weighted by Crippen LogP contribution is 2.27. The molecule has 0 unspecified atom stereocenters. The van der Waals surface area contributed by atoms with E-state index < -0.39 is 0 Å². The fraction of sp³-hybridized carbons (Fsp3) is 0.714. The highest BCUT2D eigenvalue weighted by molar-refractivity contribution is 7.13. The van der Waals surface area contributed by atoms with Crippen LogP contribution in [0.4, 0.5) is 5.13 Å². The number of nitrogens with one attached hydrogen (secondary N) is 1. The standard InChI is InChI=1S/C14H22N2O2S/c1-14(2,3)11-9-19-13(15-11)16-12(17)8-10-4-6-18-7-5-10/h9-10H,4-8H2,1-3H3,(H,15,16,17). The Morgan fingerprint density at radius 1 is 1.47 bits per heavy atom. The second kappa shape index (κ2) is 6.01. The summed E-state index contributed by atoms with van der Waals surface area (Å²) in [6, 6.07) is 0. The minimum Gasteiger partial charge on any atom is -0.381 e. The van der Waals surface area contributed by atoms with Gasteiger partial charge in [-0.2, -0.15) is 0 Å². The van der Waals surface area contributed by atoms with E-state index in [1.165, 1.54) is 11.3 Å². The molecule has 0 radical (unpaired) electrons. The summed E-state index contributed by atoms with van der Waals surface area (Å²) in [5, 5.41) is 5.64. The van der Waals surface area contributed by atoms with Crippen molar-refractivity contribution in [3.8, 4) is 0 Å². The molecular weight excluding hydrogens is 260 g/mol. The van der Waals surface area contributed by atoms with Gasteiger partial charge in [0, 0.05) is 30.4 Å². The van der Waals surface area contributed by atoms with Crippen LogP contribution in [-0.2, 0) is 14.9 Å². The van der Waals surface area contributed by atoms with Crippen LogP contribution in [0.5, 0.6) is 0 Å². The van der Waals surface area contributed by atoms with Gasteiger partial charge in [-0.05, 0) is 18.8 Å². The zero-order chi connectivity index (χ0) is 13.9. The van der Waals surface area contributed by atoms with Gasteiger partial charge in [0.15, 0.2) is 5.13 Å². The largest absolute Gasteiger partial charge is 0.381 e. The number of anilines is 1. The van der Waals surface area contributed by atoms with Gasteiger partial charge in [0.2, 0.25) is 5.91 Å². The molecule has 5 heteroatoms. The number of carbonyl (C=O) groups is 1. The Balaban J connectivity index is 1.86. The molecule has 1 fully saturated rings. The van der Waals surface area contributed by atoms with Gasteiger partial charge in [-0.15, -0.1) is 11.3 Å². The molecule has 1 amide bonds.